The lowest BCUT2D eigenvalue weighted by Gasteiger charge is -2.24. The molecule has 1 aliphatic heterocycles. The van der Waals surface area contributed by atoms with Gasteiger partial charge in [-0.05, 0) is 42.3 Å². The standard InChI is InChI=1S/C21H18FNO2S/c1-2-25-16-9-5-13(6-10-16)17-11-19(24)23-20-18(12-26-21(17)20)14-3-7-15(22)8-4-14/h3-10,12,17H,2,11H2,1H3,(H,23,24)/t17-/m1/s1. The molecule has 0 saturated carbocycles. The maximum absolute atomic E-state index is 13.2. The highest BCUT2D eigenvalue weighted by atomic mass is 32.1. The van der Waals surface area contributed by atoms with Crippen LogP contribution in [0.1, 0.15) is 29.7 Å². The van der Waals surface area contributed by atoms with Gasteiger partial charge in [-0.3, -0.25) is 4.79 Å². The van der Waals surface area contributed by atoms with Gasteiger partial charge in [0.15, 0.2) is 0 Å². The molecule has 2 aromatic carbocycles. The molecule has 2 heterocycles. The maximum Gasteiger partial charge on any atom is 0.225 e. The van der Waals surface area contributed by atoms with E-state index in [4.69, 9.17) is 4.74 Å². The Kier molecular flexibility index (Phi) is 4.47. The van der Waals surface area contributed by atoms with Crippen LogP contribution in [0.2, 0.25) is 0 Å². The van der Waals surface area contributed by atoms with E-state index >= 15 is 0 Å². The van der Waals surface area contributed by atoms with Gasteiger partial charge in [-0.15, -0.1) is 11.3 Å². The number of nitrogens with one attached hydrogen (secondary N) is 1. The quantitative estimate of drug-likeness (QED) is 0.668. The summed E-state index contributed by atoms with van der Waals surface area (Å²) in [5.74, 6) is 0.579. The molecular formula is C21H18FNO2S. The highest BCUT2D eigenvalue weighted by molar-refractivity contribution is 7.11. The zero-order chi connectivity index (χ0) is 18.1. The summed E-state index contributed by atoms with van der Waals surface area (Å²) in [7, 11) is 0. The lowest BCUT2D eigenvalue weighted by Crippen LogP contribution is -2.22. The van der Waals surface area contributed by atoms with Crippen LogP contribution in [0.25, 0.3) is 11.1 Å². The maximum atomic E-state index is 13.2. The molecule has 132 valence electrons. The van der Waals surface area contributed by atoms with Gasteiger partial charge in [-0.2, -0.15) is 0 Å². The fraction of sp³-hybridized carbons (Fsp3) is 0.190. The molecule has 1 aromatic heterocycles. The molecule has 1 amide bonds. The van der Waals surface area contributed by atoms with Crippen LogP contribution >= 0.6 is 11.3 Å². The molecule has 4 rings (SSSR count). The predicted octanol–water partition coefficient (Wildman–Crippen LogP) is 5.43. The lowest BCUT2D eigenvalue weighted by atomic mass is 9.89. The third-order valence-corrected chi connectivity index (χ3v) is 5.63. The topological polar surface area (TPSA) is 38.3 Å². The lowest BCUT2D eigenvalue weighted by molar-refractivity contribution is -0.116. The van der Waals surface area contributed by atoms with E-state index < -0.39 is 0 Å². The molecule has 0 unspecified atom stereocenters. The van der Waals surface area contributed by atoms with E-state index in [0.717, 1.165) is 33.0 Å². The zero-order valence-electron chi connectivity index (χ0n) is 14.3. The van der Waals surface area contributed by atoms with Crippen LogP contribution in [-0.4, -0.2) is 12.5 Å². The number of fused-ring (bicyclic) bond motifs is 1. The van der Waals surface area contributed by atoms with Crippen LogP contribution in [0.5, 0.6) is 5.75 Å². The summed E-state index contributed by atoms with van der Waals surface area (Å²) in [6.45, 7) is 2.58. The summed E-state index contributed by atoms with van der Waals surface area (Å²) in [5.41, 5.74) is 3.78. The van der Waals surface area contributed by atoms with E-state index in [1.807, 2.05) is 36.6 Å². The Morgan fingerprint density at radius 1 is 1.15 bits per heavy atom. The monoisotopic (exact) mass is 367 g/mol. The summed E-state index contributed by atoms with van der Waals surface area (Å²) < 4.78 is 18.7. The van der Waals surface area contributed by atoms with Crippen molar-refractivity contribution in [3.63, 3.8) is 0 Å². The number of hydrogen-bond donors (Lipinski definition) is 1. The average molecular weight is 367 g/mol. The molecule has 3 aromatic rings. The minimum Gasteiger partial charge on any atom is -0.494 e. The molecule has 0 spiro atoms. The fourth-order valence-corrected chi connectivity index (χ4v) is 4.46. The largest absolute Gasteiger partial charge is 0.494 e. The Morgan fingerprint density at radius 3 is 2.58 bits per heavy atom. The molecule has 0 fully saturated rings. The Hall–Kier alpha value is -2.66. The van der Waals surface area contributed by atoms with Crippen molar-refractivity contribution in [1.29, 1.82) is 0 Å². The van der Waals surface area contributed by atoms with Gasteiger partial charge in [0.25, 0.3) is 0 Å². The molecule has 0 radical (unpaired) electrons. The number of rotatable bonds is 4. The number of ether oxygens (including phenoxy) is 1. The van der Waals surface area contributed by atoms with Crippen molar-refractivity contribution in [2.75, 3.05) is 11.9 Å². The predicted molar refractivity (Wildman–Crippen MR) is 102 cm³/mol. The minimum atomic E-state index is -0.269. The van der Waals surface area contributed by atoms with Gasteiger partial charge in [0.05, 0.1) is 12.3 Å². The fourth-order valence-electron chi connectivity index (χ4n) is 3.30. The molecule has 0 bridgehead atoms. The molecule has 1 N–H and O–H groups in total. The highest BCUT2D eigenvalue weighted by Gasteiger charge is 2.30. The first kappa shape index (κ1) is 16.8. The van der Waals surface area contributed by atoms with E-state index in [1.165, 1.54) is 12.1 Å². The first-order chi connectivity index (χ1) is 12.7. The van der Waals surface area contributed by atoms with E-state index in [9.17, 15) is 9.18 Å². The van der Waals surface area contributed by atoms with Crippen LogP contribution in [-0.2, 0) is 4.79 Å². The Bertz CT molecular complexity index is 932. The molecule has 0 aliphatic carbocycles. The van der Waals surface area contributed by atoms with Crippen molar-refractivity contribution in [2.45, 2.75) is 19.3 Å². The van der Waals surface area contributed by atoms with Crippen LogP contribution < -0.4 is 10.1 Å². The van der Waals surface area contributed by atoms with Gasteiger partial charge in [0, 0.05) is 28.2 Å². The summed E-state index contributed by atoms with van der Waals surface area (Å²) >= 11 is 1.63. The molecule has 5 heteroatoms. The first-order valence-electron chi connectivity index (χ1n) is 8.55. The number of benzene rings is 2. The number of thiophene rings is 1. The third-order valence-electron chi connectivity index (χ3n) is 4.54. The molecule has 1 atom stereocenters. The summed E-state index contributed by atoms with van der Waals surface area (Å²) in [6, 6.07) is 14.3. The van der Waals surface area contributed by atoms with Crippen molar-refractivity contribution >= 4 is 22.9 Å². The zero-order valence-corrected chi connectivity index (χ0v) is 15.1. The van der Waals surface area contributed by atoms with Crippen molar-refractivity contribution in [3.05, 3.63) is 70.2 Å². The van der Waals surface area contributed by atoms with Gasteiger partial charge in [0.1, 0.15) is 11.6 Å². The van der Waals surface area contributed by atoms with Crippen molar-refractivity contribution < 1.29 is 13.9 Å². The molecule has 26 heavy (non-hydrogen) atoms. The normalized spacial score (nSPS) is 16.1. The summed E-state index contributed by atoms with van der Waals surface area (Å²) in [4.78, 5) is 13.5. The van der Waals surface area contributed by atoms with Gasteiger partial charge < -0.3 is 10.1 Å². The smallest absolute Gasteiger partial charge is 0.225 e. The highest BCUT2D eigenvalue weighted by Crippen LogP contribution is 2.46. The second-order valence-corrected chi connectivity index (χ2v) is 7.11. The second kappa shape index (κ2) is 6.92. The number of hydrogen-bond acceptors (Lipinski definition) is 3. The Morgan fingerprint density at radius 2 is 1.88 bits per heavy atom. The Balaban J connectivity index is 1.72. The number of halogens is 1. The summed E-state index contributed by atoms with van der Waals surface area (Å²) in [5, 5.41) is 5.04. The van der Waals surface area contributed by atoms with Crippen molar-refractivity contribution in [2.24, 2.45) is 0 Å². The van der Waals surface area contributed by atoms with Crippen molar-refractivity contribution in [1.82, 2.24) is 0 Å². The average Bonchev–Trinajstić information content (AvgIpc) is 3.06. The number of amides is 1. The number of anilines is 1. The van der Waals surface area contributed by atoms with Crippen LogP contribution in [0, 0.1) is 5.82 Å². The summed E-state index contributed by atoms with van der Waals surface area (Å²) in [6.07, 6.45) is 0.421. The van der Waals surface area contributed by atoms with E-state index in [-0.39, 0.29) is 17.6 Å². The number of carbonyl (C=O) groups excluding carboxylic acids is 1. The van der Waals surface area contributed by atoms with E-state index in [1.54, 1.807) is 23.5 Å². The van der Waals surface area contributed by atoms with Crippen molar-refractivity contribution in [3.8, 4) is 16.9 Å². The van der Waals surface area contributed by atoms with E-state index in [0.29, 0.717) is 13.0 Å². The molecular weight excluding hydrogens is 349 g/mol. The molecule has 1 aliphatic rings. The van der Waals surface area contributed by atoms with Gasteiger partial charge in [-0.25, -0.2) is 4.39 Å². The first-order valence-corrected chi connectivity index (χ1v) is 9.43. The van der Waals surface area contributed by atoms with Gasteiger partial charge in [-0.1, -0.05) is 24.3 Å². The minimum absolute atomic E-state index is 0.00172. The van der Waals surface area contributed by atoms with Crippen LogP contribution in [0.4, 0.5) is 10.1 Å². The molecule has 3 nitrogen and oxygen atoms in total. The number of carbonyl (C=O) groups is 1. The van der Waals surface area contributed by atoms with Crippen LogP contribution in [0.3, 0.4) is 0 Å². The SMILES string of the molecule is CCOc1ccc([C@H]2CC(=O)Nc3c(-c4ccc(F)cc4)csc32)cc1. The van der Waals surface area contributed by atoms with Gasteiger partial charge >= 0.3 is 0 Å². The van der Waals surface area contributed by atoms with Crippen LogP contribution in [0.15, 0.2) is 53.9 Å². The second-order valence-electron chi connectivity index (χ2n) is 6.20. The third kappa shape index (κ3) is 3.10. The van der Waals surface area contributed by atoms with Gasteiger partial charge in [0.2, 0.25) is 5.91 Å². The molecule has 0 saturated heterocycles. The Labute approximate surface area is 155 Å². The van der Waals surface area contributed by atoms with E-state index in [2.05, 4.69) is 5.32 Å².